The number of hydrogen-bond acceptors (Lipinski definition) is 1. The zero-order chi connectivity index (χ0) is 6.97. The molecule has 0 N–H and O–H groups in total. The van der Waals surface area contributed by atoms with Gasteiger partial charge >= 0.3 is 0 Å². The van der Waals surface area contributed by atoms with Gasteiger partial charge < -0.3 is 0 Å². The van der Waals surface area contributed by atoms with Crippen LogP contribution in [-0.4, -0.2) is 9.38 Å². The smallest absolute Gasteiger partial charge is 0.114 e. The summed E-state index contributed by atoms with van der Waals surface area (Å²) in [5, 5.41) is 0.690. The Bertz CT molecular complexity index is 353. The number of pyridine rings is 1. The SMILES string of the molecule is Clc1cccc2cncn12. The Hall–Kier alpha value is -1.02. The van der Waals surface area contributed by atoms with Gasteiger partial charge in [0.25, 0.3) is 0 Å². The molecule has 0 unspecified atom stereocenters. The van der Waals surface area contributed by atoms with Gasteiger partial charge in [-0.2, -0.15) is 0 Å². The second-order valence-electron chi connectivity index (χ2n) is 2.04. The molecule has 2 nitrogen and oxygen atoms in total. The second kappa shape index (κ2) is 1.99. The lowest BCUT2D eigenvalue weighted by Crippen LogP contribution is -1.81. The summed E-state index contributed by atoms with van der Waals surface area (Å²) in [5.74, 6) is 0. The number of fused-ring (bicyclic) bond motifs is 1. The highest BCUT2D eigenvalue weighted by molar-refractivity contribution is 6.29. The van der Waals surface area contributed by atoms with E-state index in [1.807, 2.05) is 22.6 Å². The van der Waals surface area contributed by atoms with Gasteiger partial charge in [0.05, 0.1) is 11.7 Å². The summed E-state index contributed by atoms with van der Waals surface area (Å²) in [6, 6.07) is 5.69. The van der Waals surface area contributed by atoms with Crippen molar-refractivity contribution in [3.05, 3.63) is 35.9 Å². The summed E-state index contributed by atoms with van der Waals surface area (Å²) >= 11 is 5.82. The van der Waals surface area contributed by atoms with Gasteiger partial charge in [-0.25, -0.2) is 4.98 Å². The van der Waals surface area contributed by atoms with Crippen molar-refractivity contribution in [2.75, 3.05) is 0 Å². The molecular formula is C7H5ClN2. The summed E-state index contributed by atoms with van der Waals surface area (Å²) in [7, 11) is 0. The number of imidazole rings is 1. The van der Waals surface area contributed by atoms with E-state index in [-0.39, 0.29) is 0 Å². The average molecular weight is 153 g/mol. The first-order chi connectivity index (χ1) is 4.88. The van der Waals surface area contributed by atoms with Gasteiger partial charge in [-0.3, -0.25) is 4.40 Å². The van der Waals surface area contributed by atoms with Crippen LogP contribution in [0.25, 0.3) is 5.52 Å². The Balaban J connectivity index is 2.95. The van der Waals surface area contributed by atoms with Crippen molar-refractivity contribution in [1.82, 2.24) is 9.38 Å². The molecule has 3 heteroatoms. The minimum absolute atomic E-state index is 0.690. The predicted molar refractivity (Wildman–Crippen MR) is 40.2 cm³/mol. The van der Waals surface area contributed by atoms with E-state index in [4.69, 9.17) is 11.6 Å². The molecule has 0 aliphatic carbocycles. The second-order valence-corrected chi connectivity index (χ2v) is 2.42. The Morgan fingerprint density at radius 1 is 1.40 bits per heavy atom. The molecule has 2 heterocycles. The molecule has 0 aliphatic rings. The Morgan fingerprint density at radius 2 is 2.30 bits per heavy atom. The summed E-state index contributed by atoms with van der Waals surface area (Å²) in [6.45, 7) is 0. The van der Waals surface area contributed by atoms with E-state index in [0.717, 1.165) is 5.52 Å². The van der Waals surface area contributed by atoms with Gasteiger partial charge in [-0.1, -0.05) is 17.7 Å². The van der Waals surface area contributed by atoms with E-state index < -0.39 is 0 Å². The fourth-order valence-corrected chi connectivity index (χ4v) is 1.13. The van der Waals surface area contributed by atoms with E-state index in [1.54, 1.807) is 12.5 Å². The van der Waals surface area contributed by atoms with Crippen LogP contribution in [-0.2, 0) is 0 Å². The van der Waals surface area contributed by atoms with Crippen molar-refractivity contribution >= 4 is 17.1 Å². The average Bonchev–Trinajstić information content (AvgIpc) is 2.36. The zero-order valence-electron chi connectivity index (χ0n) is 5.16. The van der Waals surface area contributed by atoms with Crippen LogP contribution >= 0.6 is 11.6 Å². The Kier molecular flexibility index (Phi) is 1.14. The number of halogens is 1. The highest BCUT2D eigenvalue weighted by Gasteiger charge is 1.93. The van der Waals surface area contributed by atoms with E-state index in [1.165, 1.54) is 0 Å². The molecule has 0 radical (unpaired) electrons. The maximum Gasteiger partial charge on any atom is 0.114 e. The Labute approximate surface area is 63.1 Å². The monoisotopic (exact) mass is 152 g/mol. The minimum Gasteiger partial charge on any atom is -0.289 e. The first-order valence-electron chi connectivity index (χ1n) is 2.94. The maximum absolute atomic E-state index is 5.82. The van der Waals surface area contributed by atoms with Crippen LogP contribution in [0, 0.1) is 0 Å². The third kappa shape index (κ3) is 0.693. The standard InChI is InChI=1S/C7H5ClN2/c8-7-3-1-2-6-4-9-5-10(6)7/h1-5H. The molecule has 0 aliphatic heterocycles. The third-order valence-electron chi connectivity index (χ3n) is 1.40. The molecule has 50 valence electrons. The lowest BCUT2D eigenvalue weighted by Gasteiger charge is -1.93. The van der Waals surface area contributed by atoms with Crippen LogP contribution in [0.5, 0.6) is 0 Å². The van der Waals surface area contributed by atoms with Crippen LogP contribution in [0.15, 0.2) is 30.7 Å². The molecule has 0 bridgehead atoms. The van der Waals surface area contributed by atoms with Gasteiger partial charge in [0.15, 0.2) is 0 Å². The molecule has 0 saturated carbocycles. The van der Waals surface area contributed by atoms with Crippen LogP contribution in [0.2, 0.25) is 5.15 Å². The number of hydrogen-bond donors (Lipinski definition) is 0. The molecule has 10 heavy (non-hydrogen) atoms. The van der Waals surface area contributed by atoms with Gasteiger partial charge in [0.2, 0.25) is 0 Å². The molecule has 0 spiro atoms. The van der Waals surface area contributed by atoms with Crippen LogP contribution in [0.1, 0.15) is 0 Å². The fourth-order valence-electron chi connectivity index (χ4n) is 0.913. The van der Waals surface area contributed by atoms with E-state index in [9.17, 15) is 0 Å². The molecule has 0 amide bonds. The zero-order valence-corrected chi connectivity index (χ0v) is 5.92. The van der Waals surface area contributed by atoms with Crippen LogP contribution in [0.3, 0.4) is 0 Å². The lowest BCUT2D eigenvalue weighted by atomic mass is 10.4. The molecule has 0 saturated heterocycles. The lowest BCUT2D eigenvalue weighted by molar-refractivity contribution is 1.15. The highest BCUT2D eigenvalue weighted by atomic mass is 35.5. The van der Waals surface area contributed by atoms with Crippen molar-refractivity contribution in [3.8, 4) is 0 Å². The van der Waals surface area contributed by atoms with Gasteiger partial charge in [0, 0.05) is 0 Å². The first kappa shape index (κ1) is 5.74. The summed E-state index contributed by atoms with van der Waals surface area (Å²) in [5.41, 5.74) is 1.02. The van der Waals surface area contributed by atoms with Crippen molar-refractivity contribution in [3.63, 3.8) is 0 Å². The summed E-state index contributed by atoms with van der Waals surface area (Å²) in [4.78, 5) is 3.94. The maximum atomic E-state index is 5.82. The molecule has 2 rings (SSSR count). The predicted octanol–water partition coefficient (Wildman–Crippen LogP) is 1.99. The normalized spacial score (nSPS) is 10.5. The van der Waals surface area contributed by atoms with Crippen molar-refractivity contribution in [2.45, 2.75) is 0 Å². The van der Waals surface area contributed by atoms with Gasteiger partial charge in [-0.05, 0) is 12.1 Å². The highest BCUT2D eigenvalue weighted by Crippen LogP contribution is 2.10. The van der Waals surface area contributed by atoms with Crippen LogP contribution < -0.4 is 0 Å². The van der Waals surface area contributed by atoms with E-state index >= 15 is 0 Å². The number of aromatic nitrogens is 2. The van der Waals surface area contributed by atoms with E-state index in [0.29, 0.717) is 5.15 Å². The quantitative estimate of drug-likeness (QED) is 0.528. The van der Waals surface area contributed by atoms with E-state index in [2.05, 4.69) is 4.98 Å². The molecule has 0 atom stereocenters. The van der Waals surface area contributed by atoms with Gasteiger partial charge in [-0.15, -0.1) is 0 Å². The van der Waals surface area contributed by atoms with Crippen molar-refractivity contribution in [2.24, 2.45) is 0 Å². The molecular weight excluding hydrogens is 148 g/mol. The largest absolute Gasteiger partial charge is 0.289 e. The molecule has 2 aromatic heterocycles. The third-order valence-corrected chi connectivity index (χ3v) is 1.71. The number of nitrogens with zero attached hydrogens (tertiary/aromatic N) is 2. The minimum atomic E-state index is 0.690. The fraction of sp³-hybridized carbons (Fsp3) is 0. The molecule has 0 aromatic carbocycles. The summed E-state index contributed by atoms with van der Waals surface area (Å²) < 4.78 is 1.82. The van der Waals surface area contributed by atoms with Gasteiger partial charge in [0.1, 0.15) is 11.5 Å². The molecule has 0 fully saturated rings. The Morgan fingerprint density at radius 3 is 3.10 bits per heavy atom. The van der Waals surface area contributed by atoms with Crippen LogP contribution in [0.4, 0.5) is 0 Å². The topological polar surface area (TPSA) is 17.3 Å². The summed E-state index contributed by atoms with van der Waals surface area (Å²) in [6.07, 6.45) is 3.46. The van der Waals surface area contributed by atoms with Crippen molar-refractivity contribution < 1.29 is 0 Å². The number of rotatable bonds is 0. The molecule has 2 aromatic rings. The first-order valence-corrected chi connectivity index (χ1v) is 3.32. The van der Waals surface area contributed by atoms with Crippen molar-refractivity contribution in [1.29, 1.82) is 0 Å².